The zero-order chi connectivity index (χ0) is 25.2. The molecule has 2 aromatic heterocycles. The average molecular weight is 502 g/mol. The number of nitrogens with zero attached hydrogens (tertiary/aromatic N) is 5. The van der Waals surface area contributed by atoms with Crippen LogP contribution in [0.5, 0.6) is 0 Å². The Morgan fingerprint density at radius 3 is 2.64 bits per heavy atom. The quantitative estimate of drug-likeness (QED) is 0.359. The summed E-state index contributed by atoms with van der Waals surface area (Å²) in [5, 5.41) is 0.712. The molecule has 0 unspecified atom stereocenters. The molecule has 8 heteroatoms. The number of benzene rings is 2. The van der Waals surface area contributed by atoms with Crippen LogP contribution in [0.25, 0.3) is 21.7 Å². The molecule has 4 aromatic rings. The van der Waals surface area contributed by atoms with Gasteiger partial charge in [-0.1, -0.05) is 59.9 Å². The Bertz CT molecular complexity index is 1440. The number of fused-ring (bicyclic) bond motifs is 1. The van der Waals surface area contributed by atoms with Crippen molar-refractivity contribution < 1.29 is 4.79 Å². The Kier molecular flexibility index (Phi) is 6.98. The molecule has 0 saturated carbocycles. The Hall–Kier alpha value is -3.36. The second-order valence-corrected chi connectivity index (χ2v) is 10.6. The summed E-state index contributed by atoms with van der Waals surface area (Å²) in [4.78, 5) is 40.7. The summed E-state index contributed by atoms with van der Waals surface area (Å²) in [6.45, 7) is 1.57. The first-order valence-electron chi connectivity index (χ1n) is 12.4. The van der Waals surface area contributed by atoms with Gasteiger partial charge in [0.1, 0.15) is 5.82 Å². The molecule has 0 N–H and O–H groups in total. The Balaban J connectivity index is 1.42. The normalized spacial score (nSPS) is 15.8. The van der Waals surface area contributed by atoms with E-state index < -0.39 is 0 Å². The van der Waals surface area contributed by atoms with Gasteiger partial charge >= 0.3 is 0 Å². The number of anilines is 1. The Labute approximate surface area is 215 Å². The SMILES string of the molecule is CN(C)Cc1cccc(-c2nc3sc(N4CCC[C@@H]4C(=O)CCc4ccccc4)nc3c(=O)n2C)c1. The van der Waals surface area contributed by atoms with Crippen molar-refractivity contribution in [2.75, 3.05) is 25.5 Å². The van der Waals surface area contributed by atoms with Crippen molar-refractivity contribution >= 4 is 32.6 Å². The number of Topliss-reactive ketones (excluding diaryl/α,β-unsaturated/α-hetero) is 1. The number of aryl methyl sites for hydroxylation is 1. The summed E-state index contributed by atoms with van der Waals surface area (Å²) >= 11 is 1.41. The maximum Gasteiger partial charge on any atom is 0.281 e. The molecule has 36 heavy (non-hydrogen) atoms. The second kappa shape index (κ2) is 10.3. The highest BCUT2D eigenvalue weighted by atomic mass is 32.1. The largest absolute Gasteiger partial charge is 0.338 e. The van der Waals surface area contributed by atoms with Gasteiger partial charge in [0.2, 0.25) is 0 Å². The number of rotatable bonds is 8. The maximum atomic E-state index is 13.3. The van der Waals surface area contributed by atoms with Gasteiger partial charge in [0.25, 0.3) is 5.56 Å². The minimum Gasteiger partial charge on any atom is -0.338 e. The summed E-state index contributed by atoms with van der Waals surface area (Å²) in [5.41, 5.74) is 3.44. The van der Waals surface area contributed by atoms with Gasteiger partial charge in [-0.05, 0) is 50.6 Å². The summed E-state index contributed by atoms with van der Waals surface area (Å²) in [7, 11) is 5.81. The van der Waals surface area contributed by atoms with Crippen LogP contribution in [-0.2, 0) is 24.8 Å². The Morgan fingerprint density at radius 2 is 1.86 bits per heavy atom. The molecule has 3 heterocycles. The number of hydrogen-bond acceptors (Lipinski definition) is 7. The third-order valence-electron chi connectivity index (χ3n) is 6.69. The van der Waals surface area contributed by atoms with Crippen LogP contribution in [0.15, 0.2) is 59.4 Å². The van der Waals surface area contributed by atoms with Gasteiger partial charge in [0.15, 0.2) is 21.3 Å². The molecule has 1 atom stereocenters. The van der Waals surface area contributed by atoms with Crippen LogP contribution >= 0.6 is 11.3 Å². The lowest BCUT2D eigenvalue weighted by Gasteiger charge is -2.22. The predicted octanol–water partition coefficient (Wildman–Crippen LogP) is 4.29. The van der Waals surface area contributed by atoms with Gasteiger partial charge in [0, 0.05) is 32.1 Å². The first-order valence-corrected chi connectivity index (χ1v) is 13.2. The Morgan fingerprint density at radius 1 is 1.08 bits per heavy atom. The molecule has 0 bridgehead atoms. The highest BCUT2D eigenvalue weighted by molar-refractivity contribution is 7.21. The topological polar surface area (TPSA) is 71.3 Å². The number of thiazole rings is 1. The van der Waals surface area contributed by atoms with E-state index in [4.69, 9.17) is 4.98 Å². The average Bonchev–Trinajstić information content (AvgIpc) is 3.52. The fraction of sp³-hybridized carbons (Fsp3) is 0.357. The van der Waals surface area contributed by atoms with Crippen LogP contribution in [0.3, 0.4) is 0 Å². The van der Waals surface area contributed by atoms with Crippen molar-refractivity contribution in [3.8, 4) is 11.4 Å². The molecule has 1 aliphatic heterocycles. The van der Waals surface area contributed by atoms with Crippen LogP contribution in [0.2, 0.25) is 0 Å². The molecule has 0 spiro atoms. The first kappa shape index (κ1) is 24.3. The van der Waals surface area contributed by atoms with Gasteiger partial charge in [-0.2, -0.15) is 0 Å². The van der Waals surface area contributed by atoms with E-state index in [9.17, 15) is 9.59 Å². The molecule has 186 valence electrons. The maximum absolute atomic E-state index is 13.3. The molecule has 7 nitrogen and oxygen atoms in total. The van der Waals surface area contributed by atoms with E-state index in [1.165, 1.54) is 16.9 Å². The predicted molar refractivity (Wildman–Crippen MR) is 146 cm³/mol. The van der Waals surface area contributed by atoms with E-state index in [2.05, 4.69) is 39.0 Å². The van der Waals surface area contributed by atoms with E-state index >= 15 is 0 Å². The molecule has 0 aliphatic carbocycles. The minimum absolute atomic E-state index is 0.165. The van der Waals surface area contributed by atoms with Gasteiger partial charge in [-0.25, -0.2) is 9.97 Å². The summed E-state index contributed by atoms with van der Waals surface area (Å²) in [5.74, 6) is 0.857. The fourth-order valence-corrected chi connectivity index (χ4v) is 5.91. The number of hydrogen-bond donors (Lipinski definition) is 0. The highest BCUT2D eigenvalue weighted by Crippen LogP contribution is 2.33. The van der Waals surface area contributed by atoms with Crippen LogP contribution in [0.1, 0.15) is 30.4 Å². The lowest BCUT2D eigenvalue weighted by Crippen LogP contribution is -2.36. The van der Waals surface area contributed by atoms with Crippen molar-refractivity contribution in [3.63, 3.8) is 0 Å². The number of ketones is 1. The number of carbonyl (C=O) groups is 1. The summed E-state index contributed by atoms with van der Waals surface area (Å²) < 4.78 is 1.58. The molecular weight excluding hydrogens is 470 g/mol. The summed E-state index contributed by atoms with van der Waals surface area (Å²) in [6, 6.07) is 18.1. The van der Waals surface area contributed by atoms with E-state index in [0.717, 1.165) is 43.5 Å². The fourth-order valence-electron chi connectivity index (χ4n) is 4.91. The van der Waals surface area contributed by atoms with Crippen molar-refractivity contribution in [1.29, 1.82) is 0 Å². The van der Waals surface area contributed by atoms with Gasteiger partial charge in [-0.15, -0.1) is 0 Å². The van der Waals surface area contributed by atoms with Crippen LogP contribution < -0.4 is 10.5 Å². The van der Waals surface area contributed by atoms with Crippen LogP contribution in [0, 0.1) is 0 Å². The molecule has 0 amide bonds. The van der Waals surface area contributed by atoms with Crippen molar-refractivity contribution in [3.05, 3.63) is 76.1 Å². The van der Waals surface area contributed by atoms with E-state index in [-0.39, 0.29) is 17.4 Å². The third kappa shape index (κ3) is 4.96. The lowest BCUT2D eigenvalue weighted by atomic mass is 10.0. The standard InChI is InChI=1S/C28H31N5O2S/c1-31(2)18-20-11-7-12-21(17-20)25-30-26-24(27(35)32(25)3)29-28(36-26)33-16-8-13-22(33)23(34)15-14-19-9-5-4-6-10-19/h4-7,9-12,17,22H,8,13-16,18H2,1-3H3/t22-/m1/s1. The smallest absolute Gasteiger partial charge is 0.281 e. The van der Waals surface area contributed by atoms with Crippen molar-refractivity contribution in [2.24, 2.45) is 7.05 Å². The van der Waals surface area contributed by atoms with E-state index in [0.29, 0.717) is 27.7 Å². The molecule has 1 fully saturated rings. The van der Waals surface area contributed by atoms with Crippen molar-refractivity contribution in [2.45, 2.75) is 38.3 Å². The van der Waals surface area contributed by atoms with Crippen molar-refractivity contribution in [1.82, 2.24) is 19.4 Å². The molecule has 5 rings (SSSR count). The highest BCUT2D eigenvalue weighted by Gasteiger charge is 2.32. The minimum atomic E-state index is -0.194. The zero-order valence-electron chi connectivity index (χ0n) is 21.0. The molecule has 2 aromatic carbocycles. The zero-order valence-corrected chi connectivity index (χ0v) is 21.8. The van der Waals surface area contributed by atoms with Crippen LogP contribution in [0.4, 0.5) is 5.13 Å². The van der Waals surface area contributed by atoms with Gasteiger partial charge < -0.3 is 9.80 Å². The number of carbonyl (C=O) groups excluding carboxylic acids is 1. The molecule has 1 saturated heterocycles. The molecular formula is C28H31N5O2S. The number of aromatic nitrogens is 3. The molecule has 0 radical (unpaired) electrons. The van der Waals surface area contributed by atoms with Crippen LogP contribution in [-0.4, -0.2) is 51.9 Å². The van der Waals surface area contributed by atoms with Gasteiger partial charge in [-0.3, -0.25) is 14.2 Å². The van der Waals surface area contributed by atoms with E-state index in [1.54, 1.807) is 11.6 Å². The summed E-state index contributed by atoms with van der Waals surface area (Å²) in [6.07, 6.45) is 3.00. The monoisotopic (exact) mass is 501 g/mol. The first-order chi connectivity index (χ1) is 17.4. The third-order valence-corrected chi connectivity index (χ3v) is 7.67. The van der Waals surface area contributed by atoms with Gasteiger partial charge in [0.05, 0.1) is 6.04 Å². The second-order valence-electron chi connectivity index (χ2n) is 9.69. The van der Waals surface area contributed by atoms with E-state index in [1.807, 2.05) is 44.4 Å². The molecule has 1 aliphatic rings. The lowest BCUT2D eigenvalue weighted by molar-refractivity contribution is -0.120.